The van der Waals surface area contributed by atoms with Gasteiger partial charge < -0.3 is 14.5 Å². The first-order chi connectivity index (χ1) is 9.56. The van der Waals surface area contributed by atoms with Gasteiger partial charge in [-0.3, -0.25) is 0 Å². The Bertz CT molecular complexity index is 680. The number of carbonyl (C=O) groups excluding carboxylic acids is 1. The van der Waals surface area contributed by atoms with E-state index in [0.717, 1.165) is 0 Å². The predicted octanol–water partition coefficient (Wildman–Crippen LogP) is 3.16. The van der Waals surface area contributed by atoms with Gasteiger partial charge in [-0.05, 0) is 24.1 Å². The third-order valence-electron chi connectivity index (χ3n) is 2.89. The second kappa shape index (κ2) is 5.66. The zero-order valence-electron chi connectivity index (χ0n) is 11.7. The van der Waals surface area contributed by atoms with Crippen LogP contribution in [0.25, 0.3) is 11.0 Å². The molecule has 0 radical (unpaired) electrons. The lowest BCUT2D eigenvalue weighted by Gasteiger charge is -2.05. The van der Waals surface area contributed by atoms with Crippen molar-refractivity contribution in [1.82, 2.24) is 0 Å². The summed E-state index contributed by atoms with van der Waals surface area (Å²) in [6.45, 7) is 4.84. The first-order valence-corrected chi connectivity index (χ1v) is 6.35. The number of nitrogens with one attached hydrogen (secondary N) is 1. The SMILES string of the molecule is COC(=O)c1ccc2oc(NCC(C)C)c(C#N)c2c1. The second-order valence-electron chi connectivity index (χ2n) is 4.90. The van der Waals surface area contributed by atoms with Gasteiger partial charge in [0.15, 0.2) is 0 Å². The Labute approximate surface area is 117 Å². The minimum absolute atomic E-state index is 0.396. The largest absolute Gasteiger partial charge is 0.465 e. The molecular formula is C15H16N2O3. The van der Waals surface area contributed by atoms with Crippen LogP contribution in [0.15, 0.2) is 22.6 Å². The molecule has 104 valence electrons. The van der Waals surface area contributed by atoms with Crippen LogP contribution in [0.4, 0.5) is 5.88 Å². The molecule has 5 heteroatoms. The summed E-state index contributed by atoms with van der Waals surface area (Å²) in [6.07, 6.45) is 0. The molecule has 1 aromatic heterocycles. The van der Waals surface area contributed by atoms with Gasteiger partial charge in [0.1, 0.15) is 17.2 Å². The van der Waals surface area contributed by atoms with Crippen molar-refractivity contribution in [2.24, 2.45) is 5.92 Å². The molecule has 1 aromatic carbocycles. The summed E-state index contributed by atoms with van der Waals surface area (Å²) in [5.41, 5.74) is 1.37. The van der Waals surface area contributed by atoms with E-state index in [9.17, 15) is 10.1 Å². The van der Waals surface area contributed by atoms with Crippen molar-refractivity contribution in [3.8, 4) is 6.07 Å². The van der Waals surface area contributed by atoms with Crippen molar-refractivity contribution in [3.63, 3.8) is 0 Å². The van der Waals surface area contributed by atoms with Crippen molar-refractivity contribution in [2.75, 3.05) is 19.0 Å². The number of anilines is 1. The summed E-state index contributed by atoms with van der Waals surface area (Å²) in [6, 6.07) is 7.02. The fourth-order valence-corrected chi connectivity index (χ4v) is 1.87. The lowest BCUT2D eigenvalue weighted by molar-refractivity contribution is 0.0601. The van der Waals surface area contributed by atoms with Crippen LogP contribution in [-0.2, 0) is 4.74 Å². The molecule has 0 saturated heterocycles. The van der Waals surface area contributed by atoms with E-state index in [0.29, 0.717) is 40.4 Å². The number of carbonyl (C=O) groups is 1. The molecule has 0 spiro atoms. The molecular weight excluding hydrogens is 256 g/mol. The molecule has 1 N–H and O–H groups in total. The van der Waals surface area contributed by atoms with E-state index in [-0.39, 0.29) is 0 Å². The number of rotatable bonds is 4. The molecule has 2 aromatic rings. The van der Waals surface area contributed by atoms with Crippen LogP contribution in [0.1, 0.15) is 29.8 Å². The van der Waals surface area contributed by atoms with Crippen LogP contribution in [0.5, 0.6) is 0 Å². The average molecular weight is 272 g/mol. The number of ether oxygens (including phenoxy) is 1. The van der Waals surface area contributed by atoms with E-state index in [1.54, 1.807) is 18.2 Å². The maximum atomic E-state index is 11.5. The molecule has 0 fully saturated rings. The number of nitriles is 1. The molecule has 0 bridgehead atoms. The van der Waals surface area contributed by atoms with Crippen molar-refractivity contribution >= 4 is 22.8 Å². The lowest BCUT2D eigenvalue weighted by atomic mass is 10.1. The van der Waals surface area contributed by atoms with E-state index in [2.05, 4.69) is 30.0 Å². The average Bonchev–Trinajstić information content (AvgIpc) is 2.80. The highest BCUT2D eigenvalue weighted by Crippen LogP contribution is 2.30. The summed E-state index contributed by atoms with van der Waals surface area (Å²) in [5, 5.41) is 13.0. The Hall–Kier alpha value is -2.48. The minimum atomic E-state index is -0.436. The Morgan fingerprint density at radius 3 is 2.85 bits per heavy atom. The minimum Gasteiger partial charge on any atom is -0.465 e. The molecule has 20 heavy (non-hydrogen) atoms. The molecule has 0 aliphatic rings. The fourth-order valence-electron chi connectivity index (χ4n) is 1.87. The Balaban J connectivity index is 2.47. The molecule has 0 atom stereocenters. The molecule has 5 nitrogen and oxygen atoms in total. The molecule has 0 amide bonds. The van der Waals surface area contributed by atoms with Gasteiger partial charge in [0, 0.05) is 11.9 Å². The van der Waals surface area contributed by atoms with Crippen molar-refractivity contribution < 1.29 is 13.9 Å². The van der Waals surface area contributed by atoms with Crippen LogP contribution in [-0.4, -0.2) is 19.6 Å². The van der Waals surface area contributed by atoms with Crippen LogP contribution in [0.2, 0.25) is 0 Å². The van der Waals surface area contributed by atoms with Crippen LogP contribution in [0.3, 0.4) is 0 Å². The zero-order chi connectivity index (χ0) is 14.7. The van der Waals surface area contributed by atoms with Crippen LogP contribution < -0.4 is 5.32 Å². The van der Waals surface area contributed by atoms with Gasteiger partial charge in [-0.1, -0.05) is 13.8 Å². The monoisotopic (exact) mass is 272 g/mol. The number of hydrogen-bond donors (Lipinski definition) is 1. The number of nitrogens with zero attached hydrogens (tertiary/aromatic N) is 1. The molecule has 0 aliphatic carbocycles. The number of furan rings is 1. The smallest absolute Gasteiger partial charge is 0.337 e. The normalized spacial score (nSPS) is 10.6. The van der Waals surface area contributed by atoms with Gasteiger partial charge in [-0.25, -0.2) is 4.79 Å². The zero-order valence-corrected chi connectivity index (χ0v) is 11.7. The molecule has 0 saturated carbocycles. The molecule has 0 aliphatic heterocycles. The summed E-state index contributed by atoms with van der Waals surface area (Å²) in [7, 11) is 1.32. The first-order valence-electron chi connectivity index (χ1n) is 6.35. The number of esters is 1. The van der Waals surface area contributed by atoms with Gasteiger partial charge in [-0.15, -0.1) is 0 Å². The van der Waals surface area contributed by atoms with Crippen molar-refractivity contribution in [2.45, 2.75) is 13.8 Å². The van der Waals surface area contributed by atoms with E-state index in [4.69, 9.17) is 4.42 Å². The van der Waals surface area contributed by atoms with Crippen LogP contribution >= 0.6 is 0 Å². The standard InChI is InChI=1S/C15H16N2O3/c1-9(2)8-17-14-12(7-16)11-6-10(15(18)19-3)4-5-13(11)20-14/h4-6,9,17H,8H2,1-3H3. The van der Waals surface area contributed by atoms with E-state index in [1.807, 2.05) is 0 Å². The summed E-state index contributed by atoms with van der Waals surface area (Å²) < 4.78 is 10.3. The third kappa shape index (κ3) is 2.59. The first kappa shape index (κ1) is 13.9. The maximum Gasteiger partial charge on any atom is 0.337 e. The number of methoxy groups -OCH3 is 1. The van der Waals surface area contributed by atoms with Crippen LogP contribution in [0, 0.1) is 17.2 Å². The van der Waals surface area contributed by atoms with Gasteiger partial charge in [0.2, 0.25) is 5.88 Å². The molecule has 2 rings (SSSR count). The second-order valence-corrected chi connectivity index (χ2v) is 4.90. The van der Waals surface area contributed by atoms with Gasteiger partial charge in [0.05, 0.1) is 12.7 Å². The highest BCUT2D eigenvalue weighted by atomic mass is 16.5. The van der Waals surface area contributed by atoms with E-state index >= 15 is 0 Å². The Kier molecular flexibility index (Phi) is 3.94. The number of hydrogen-bond acceptors (Lipinski definition) is 5. The number of fused-ring (bicyclic) bond motifs is 1. The van der Waals surface area contributed by atoms with Crippen molar-refractivity contribution in [3.05, 3.63) is 29.3 Å². The summed E-state index contributed by atoms with van der Waals surface area (Å²) >= 11 is 0. The molecule has 0 unspecified atom stereocenters. The van der Waals surface area contributed by atoms with Gasteiger partial charge in [0.25, 0.3) is 0 Å². The van der Waals surface area contributed by atoms with Gasteiger partial charge in [-0.2, -0.15) is 5.26 Å². The maximum absolute atomic E-state index is 11.5. The highest BCUT2D eigenvalue weighted by molar-refractivity contribution is 5.97. The lowest BCUT2D eigenvalue weighted by Crippen LogP contribution is -2.07. The Morgan fingerprint density at radius 1 is 1.50 bits per heavy atom. The quantitative estimate of drug-likeness (QED) is 0.865. The Morgan fingerprint density at radius 2 is 2.25 bits per heavy atom. The summed E-state index contributed by atoms with van der Waals surface area (Å²) in [5.74, 6) is 0.437. The highest BCUT2D eigenvalue weighted by Gasteiger charge is 2.16. The molecule has 1 heterocycles. The summed E-state index contributed by atoms with van der Waals surface area (Å²) in [4.78, 5) is 11.5. The number of benzene rings is 1. The van der Waals surface area contributed by atoms with E-state index in [1.165, 1.54) is 7.11 Å². The topological polar surface area (TPSA) is 75.3 Å². The third-order valence-corrected chi connectivity index (χ3v) is 2.89. The van der Waals surface area contributed by atoms with Gasteiger partial charge >= 0.3 is 5.97 Å². The van der Waals surface area contributed by atoms with Crippen molar-refractivity contribution in [1.29, 1.82) is 5.26 Å². The fraction of sp³-hybridized carbons (Fsp3) is 0.333. The predicted molar refractivity (Wildman–Crippen MR) is 75.6 cm³/mol. The van der Waals surface area contributed by atoms with E-state index < -0.39 is 5.97 Å².